The maximum absolute atomic E-state index is 14.6. The standard InChI is InChI=1S/C42H47N9O7S2/c1-25(2)45-41-47-34(24-59-41)33-21-36(29-15-14-27(57-3)19-32(29)46-33)58-28-20-35(51(23-28)39(53)31-16-18-44-49-31)38(52)48-42-22-26(42)11-7-5-4-6-10-17-43-30-12-8-9-13-37(30)60(55,56)50-40(42)54/h7-9,11-16,18-19,21,24-26,28,35,43H,4-6,10,17,20,22-23H2,1-3H3,(H,44,49)(H,45,47)(H,48,52)(H,50,54)/b11-7-/t26?,28-,35+,42-/m1/s1. The number of hydrogen-bond donors (Lipinski definition) is 5. The Balaban J connectivity index is 1.10. The second-order valence-electron chi connectivity index (χ2n) is 15.6. The number of para-hydroxylation sites is 1. The van der Waals surface area contributed by atoms with E-state index in [0.29, 0.717) is 46.0 Å². The summed E-state index contributed by atoms with van der Waals surface area (Å²) in [6.45, 7) is 4.66. The average Bonchev–Trinajstić information content (AvgIpc) is 3.69. The molecule has 3 aliphatic rings. The minimum atomic E-state index is -4.35. The third kappa shape index (κ3) is 8.52. The molecule has 3 amide bonds. The highest BCUT2D eigenvalue weighted by Crippen LogP contribution is 2.46. The van der Waals surface area contributed by atoms with E-state index < -0.39 is 51.3 Å². The summed E-state index contributed by atoms with van der Waals surface area (Å²) in [5, 5.41) is 19.4. The van der Waals surface area contributed by atoms with Crippen LogP contribution in [0.3, 0.4) is 0 Å². The number of aromatic amines is 1. The number of aromatic nitrogens is 4. The van der Waals surface area contributed by atoms with Gasteiger partial charge in [0.1, 0.15) is 45.5 Å². The number of amides is 3. The number of thiazole rings is 1. The van der Waals surface area contributed by atoms with Crippen molar-refractivity contribution >= 4 is 60.8 Å². The van der Waals surface area contributed by atoms with Crippen LogP contribution in [0.15, 0.2) is 83.2 Å². The predicted octanol–water partition coefficient (Wildman–Crippen LogP) is 5.49. The summed E-state index contributed by atoms with van der Waals surface area (Å²) in [5.74, 6) is -1.36. The summed E-state index contributed by atoms with van der Waals surface area (Å²) >= 11 is 1.46. The fourth-order valence-corrected chi connectivity index (χ4v) is 9.82. The topological polar surface area (TPSA) is 210 Å². The summed E-state index contributed by atoms with van der Waals surface area (Å²) in [5.41, 5.74) is 0.782. The third-order valence-electron chi connectivity index (χ3n) is 10.9. The monoisotopic (exact) mass is 853 g/mol. The molecule has 5 heterocycles. The van der Waals surface area contributed by atoms with E-state index in [1.807, 2.05) is 37.4 Å². The van der Waals surface area contributed by atoms with E-state index in [1.165, 1.54) is 34.6 Å². The molecule has 60 heavy (non-hydrogen) atoms. The van der Waals surface area contributed by atoms with Gasteiger partial charge in [0.15, 0.2) is 5.13 Å². The number of carbonyl (C=O) groups is 3. The molecular formula is C42H47N9O7S2. The zero-order chi connectivity index (χ0) is 42.0. The summed E-state index contributed by atoms with van der Waals surface area (Å²) in [6, 6.07) is 14.3. The Morgan fingerprint density at radius 3 is 2.70 bits per heavy atom. The van der Waals surface area contributed by atoms with Crippen molar-refractivity contribution in [3.8, 4) is 22.9 Å². The van der Waals surface area contributed by atoms with Gasteiger partial charge in [0.05, 0.1) is 30.6 Å². The number of likely N-dealkylation sites (tertiary alicyclic amines) is 1. The van der Waals surface area contributed by atoms with Crippen molar-refractivity contribution in [2.75, 3.05) is 30.8 Å². The van der Waals surface area contributed by atoms with E-state index >= 15 is 0 Å². The van der Waals surface area contributed by atoms with Gasteiger partial charge in [-0.05, 0) is 69.9 Å². The first-order chi connectivity index (χ1) is 28.9. The van der Waals surface area contributed by atoms with Crippen LogP contribution in [0.1, 0.15) is 62.9 Å². The van der Waals surface area contributed by atoms with Crippen LogP contribution >= 0.6 is 11.3 Å². The number of allylic oxidation sites excluding steroid dienone is 1. The van der Waals surface area contributed by atoms with Gasteiger partial charge in [-0.15, -0.1) is 11.3 Å². The largest absolute Gasteiger partial charge is 0.497 e. The van der Waals surface area contributed by atoms with Crippen molar-refractivity contribution in [2.45, 2.75) is 81.0 Å². The molecule has 1 aliphatic carbocycles. The molecule has 5 N–H and O–H groups in total. The first kappa shape index (κ1) is 40.8. The Morgan fingerprint density at radius 2 is 1.90 bits per heavy atom. The van der Waals surface area contributed by atoms with Crippen molar-refractivity contribution in [3.63, 3.8) is 0 Å². The van der Waals surface area contributed by atoms with Gasteiger partial charge in [-0.25, -0.2) is 23.1 Å². The zero-order valence-electron chi connectivity index (χ0n) is 33.4. The number of fused-ring (bicyclic) bond motifs is 3. The number of methoxy groups -OCH3 is 1. The number of hydrogen-bond acceptors (Lipinski definition) is 13. The van der Waals surface area contributed by atoms with E-state index in [9.17, 15) is 22.8 Å². The molecule has 314 valence electrons. The molecule has 2 aliphatic heterocycles. The number of pyridine rings is 1. The molecule has 3 aromatic heterocycles. The summed E-state index contributed by atoms with van der Waals surface area (Å²) in [4.78, 5) is 53.7. The first-order valence-corrected chi connectivity index (χ1v) is 22.4. The molecule has 1 unspecified atom stereocenters. The number of carbonyl (C=O) groups excluding carboxylic acids is 3. The van der Waals surface area contributed by atoms with Crippen LogP contribution in [0.5, 0.6) is 11.5 Å². The number of nitrogens with zero attached hydrogens (tertiary/aromatic N) is 4. The van der Waals surface area contributed by atoms with Gasteiger partial charge in [0.2, 0.25) is 5.91 Å². The van der Waals surface area contributed by atoms with Crippen LogP contribution in [-0.2, 0) is 19.6 Å². The maximum atomic E-state index is 14.6. The van der Waals surface area contributed by atoms with E-state index in [0.717, 1.165) is 30.8 Å². The molecule has 5 aromatic rings. The quantitative estimate of drug-likeness (QED) is 0.117. The molecule has 0 spiro atoms. The molecule has 4 atom stereocenters. The normalized spacial score (nSPS) is 23.2. The van der Waals surface area contributed by atoms with Gasteiger partial charge in [-0.3, -0.25) is 19.5 Å². The molecule has 8 rings (SSSR count). The molecular weight excluding hydrogens is 807 g/mol. The van der Waals surface area contributed by atoms with Crippen molar-refractivity contribution in [1.29, 1.82) is 0 Å². The predicted molar refractivity (Wildman–Crippen MR) is 227 cm³/mol. The lowest BCUT2D eigenvalue weighted by molar-refractivity contribution is -0.131. The number of ether oxygens (including phenoxy) is 2. The molecule has 2 fully saturated rings. The Kier molecular flexibility index (Phi) is 11.5. The lowest BCUT2D eigenvalue weighted by Gasteiger charge is -2.26. The highest BCUT2D eigenvalue weighted by atomic mass is 32.2. The number of nitrogens with one attached hydrogen (secondary N) is 5. The second kappa shape index (κ2) is 16.9. The first-order valence-electron chi connectivity index (χ1n) is 20.0. The molecule has 0 bridgehead atoms. The molecule has 1 saturated carbocycles. The van der Waals surface area contributed by atoms with Gasteiger partial charge < -0.3 is 30.3 Å². The van der Waals surface area contributed by atoms with Crippen molar-refractivity contribution in [1.82, 2.24) is 35.1 Å². The molecule has 16 nitrogen and oxygen atoms in total. The van der Waals surface area contributed by atoms with E-state index in [4.69, 9.17) is 19.4 Å². The van der Waals surface area contributed by atoms with Crippen LogP contribution in [0, 0.1) is 5.92 Å². The molecule has 1 saturated heterocycles. The van der Waals surface area contributed by atoms with Crippen LogP contribution in [0.4, 0.5) is 10.8 Å². The highest BCUT2D eigenvalue weighted by Gasteiger charge is 2.61. The minimum absolute atomic E-state index is 0.0189. The smallest absolute Gasteiger partial charge is 0.272 e. The second-order valence-corrected chi connectivity index (χ2v) is 18.1. The highest BCUT2D eigenvalue weighted by molar-refractivity contribution is 7.90. The van der Waals surface area contributed by atoms with Crippen molar-refractivity contribution in [2.24, 2.45) is 5.92 Å². The van der Waals surface area contributed by atoms with Crippen LogP contribution in [0.2, 0.25) is 0 Å². The fraction of sp³-hybridized carbons (Fsp3) is 0.381. The number of rotatable bonds is 9. The zero-order valence-corrected chi connectivity index (χ0v) is 35.1. The summed E-state index contributed by atoms with van der Waals surface area (Å²) in [7, 11) is -2.77. The molecule has 2 aromatic carbocycles. The van der Waals surface area contributed by atoms with E-state index in [1.54, 1.807) is 43.5 Å². The van der Waals surface area contributed by atoms with E-state index in [-0.39, 0.29) is 36.0 Å². The van der Waals surface area contributed by atoms with Gasteiger partial charge in [0.25, 0.3) is 21.8 Å². The molecule has 0 radical (unpaired) electrons. The minimum Gasteiger partial charge on any atom is -0.497 e. The van der Waals surface area contributed by atoms with Crippen LogP contribution in [0.25, 0.3) is 22.3 Å². The number of anilines is 2. The maximum Gasteiger partial charge on any atom is 0.272 e. The van der Waals surface area contributed by atoms with E-state index in [2.05, 4.69) is 30.9 Å². The Hall–Kier alpha value is -6.01. The number of H-pyrrole nitrogens is 1. The summed E-state index contributed by atoms with van der Waals surface area (Å²) in [6.07, 6.45) is 8.30. The number of sulfonamides is 1. The third-order valence-corrected chi connectivity index (χ3v) is 13.1. The lowest BCUT2D eigenvalue weighted by Crippen LogP contribution is -2.56. The summed E-state index contributed by atoms with van der Waals surface area (Å²) < 4.78 is 42.0. The van der Waals surface area contributed by atoms with Crippen molar-refractivity contribution in [3.05, 3.63) is 84.0 Å². The fourth-order valence-electron chi connectivity index (χ4n) is 7.75. The van der Waals surface area contributed by atoms with Gasteiger partial charge in [-0.1, -0.05) is 30.7 Å². The molecule has 18 heteroatoms. The average molecular weight is 854 g/mol. The Morgan fingerprint density at radius 1 is 1.05 bits per heavy atom. The van der Waals surface area contributed by atoms with Crippen molar-refractivity contribution < 1.29 is 32.3 Å². The number of benzene rings is 2. The lowest BCUT2D eigenvalue weighted by atomic mass is 10.1. The van der Waals surface area contributed by atoms with Gasteiger partial charge in [0, 0.05) is 54.0 Å². The van der Waals surface area contributed by atoms with Gasteiger partial charge in [-0.2, -0.15) is 5.10 Å². The Bertz CT molecular complexity index is 2540. The SMILES string of the molecule is COc1ccc2c(O[C@@H]3C[C@@H](C(=O)N[C@]45CC4/C=C\CCCCCNc4ccccc4S(=O)(=O)NC5=O)N(C(=O)c4ccn[nH]4)C3)cc(-c3csc(NC(C)C)n3)nc2c1. The van der Waals surface area contributed by atoms with Gasteiger partial charge >= 0.3 is 0 Å². The van der Waals surface area contributed by atoms with Crippen LogP contribution in [-0.4, -0.2) is 95.1 Å². The Labute approximate surface area is 351 Å². The van der Waals surface area contributed by atoms with Crippen LogP contribution < -0.4 is 30.1 Å².